The van der Waals surface area contributed by atoms with Gasteiger partial charge in [0.25, 0.3) is 0 Å². The molecule has 33 heavy (non-hydrogen) atoms. The summed E-state index contributed by atoms with van der Waals surface area (Å²) in [6, 6.07) is 11.7. The first-order valence-corrected chi connectivity index (χ1v) is 11.5. The fourth-order valence-corrected chi connectivity index (χ4v) is 4.17. The van der Waals surface area contributed by atoms with E-state index in [2.05, 4.69) is 48.1 Å². The Kier molecular flexibility index (Phi) is 7.79. The minimum atomic E-state index is -0.974. The molecule has 0 radical (unpaired) electrons. The predicted octanol–water partition coefficient (Wildman–Crippen LogP) is 5.22. The number of nitrogens with zero attached hydrogens (tertiary/aromatic N) is 1. The van der Waals surface area contributed by atoms with Crippen LogP contribution >= 0.6 is 0 Å². The number of ether oxygens (including phenoxy) is 1. The summed E-state index contributed by atoms with van der Waals surface area (Å²) < 4.78 is 7.75. The van der Waals surface area contributed by atoms with Crippen molar-refractivity contribution in [3.8, 4) is 5.75 Å². The van der Waals surface area contributed by atoms with Crippen LogP contribution in [-0.4, -0.2) is 35.2 Å². The van der Waals surface area contributed by atoms with E-state index in [0.717, 1.165) is 34.0 Å². The van der Waals surface area contributed by atoms with Gasteiger partial charge in [0.1, 0.15) is 5.75 Å². The molecule has 1 atom stereocenters. The third-order valence-electron chi connectivity index (χ3n) is 5.99. The van der Waals surface area contributed by atoms with E-state index in [1.807, 2.05) is 19.9 Å². The van der Waals surface area contributed by atoms with Gasteiger partial charge in [-0.25, -0.2) is 4.79 Å². The van der Waals surface area contributed by atoms with Crippen molar-refractivity contribution in [2.45, 2.75) is 53.0 Å². The molecule has 0 saturated heterocycles. The Labute approximate surface area is 195 Å². The molecule has 2 N–H and O–H groups in total. The van der Waals surface area contributed by atoms with Gasteiger partial charge in [0.15, 0.2) is 0 Å². The van der Waals surface area contributed by atoms with Gasteiger partial charge >= 0.3 is 5.97 Å². The monoisotopic (exact) mass is 450 g/mol. The van der Waals surface area contributed by atoms with Crippen molar-refractivity contribution in [3.63, 3.8) is 0 Å². The van der Waals surface area contributed by atoms with Gasteiger partial charge in [-0.1, -0.05) is 26.0 Å². The summed E-state index contributed by atoms with van der Waals surface area (Å²) in [5, 5.41) is 13.4. The molecule has 0 aliphatic rings. The number of hydrogen-bond donors (Lipinski definition) is 2. The summed E-state index contributed by atoms with van der Waals surface area (Å²) in [6.45, 7) is 9.01. The summed E-state index contributed by atoms with van der Waals surface area (Å²) >= 11 is 0. The maximum Gasteiger partial charge on any atom is 0.335 e. The van der Waals surface area contributed by atoms with Crippen molar-refractivity contribution >= 4 is 22.8 Å². The van der Waals surface area contributed by atoms with Gasteiger partial charge < -0.3 is 19.7 Å². The van der Waals surface area contributed by atoms with E-state index in [0.29, 0.717) is 31.2 Å². The van der Waals surface area contributed by atoms with Gasteiger partial charge in [0.05, 0.1) is 12.7 Å². The topological polar surface area (TPSA) is 80.6 Å². The number of benzene rings is 2. The number of carboxylic acids is 1. The Bertz CT molecular complexity index is 1150. The van der Waals surface area contributed by atoms with Crippen molar-refractivity contribution in [1.29, 1.82) is 0 Å². The molecule has 0 saturated carbocycles. The average Bonchev–Trinajstić information content (AvgIpc) is 3.15. The Hall–Kier alpha value is -3.28. The molecular formula is C27H34N2O4. The second-order valence-corrected chi connectivity index (χ2v) is 8.91. The van der Waals surface area contributed by atoms with Crippen molar-refractivity contribution in [1.82, 2.24) is 9.88 Å². The lowest BCUT2D eigenvalue weighted by Crippen LogP contribution is -2.30. The first-order chi connectivity index (χ1) is 15.7. The number of aromatic carboxylic acids is 1. The minimum absolute atomic E-state index is 0.0835. The lowest BCUT2D eigenvalue weighted by atomic mass is 9.97. The number of nitrogens with one attached hydrogen (secondary N) is 1. The van der Waals surface area contributed by atoms with Gasteiger partial charge in [-0.2, -0.15) is 0 Å². The van der Waals surface area contributed by atoms with Crippen molar-refractivity contribution in [3.05, 3.63) is 64.8 Å². The van der Waals surface area contributed by atoms with Gasteiger partial charge in [-0.15, -0.1) is 0 Å². The minimum Gasteiger partial charge on any atom is -0.496 e. The first kappa shape index (κ1) is 24.4. The smallest absolute Gasteiger partial charge is 0.335 e. The zero-order valence-electron chi connectivity index (χ0n) is 20.1. The fraction of sp³-hybridized carbons (Fsp3) is 0.407. The molecule has 0 fully saturated rings. The number of amides is 1. The lowest BCUT2D eigenvalue weighted by Gasteiger charge is -2.13. The number of rotatable bonds is 10. The highest BCUT2D eigenvalue weighted by Crippen LogP contribution is 2.31. The third kappa shape index (κ3) is 5.56. The summed E-state index contributed by atoms with van der Waals surface area (Å²) in [5.41, 5.74) is 4.55. The van der Waals surface area contributed by atoms with E-state index >= 15 is 0 Å². The van der Waals surface area contributed by atoms with Gasteiger partial charge in [0.2, 0.25) is 5.91 Å². The van der Waals surface area contributed by atoms with Crippen molar-refractivity contribution in [2.75, 3.05) is 13.7 Å². The predicted molar refractivity (Wildman–Crippen MR) is 131 cm³/mol. The van der Waals surface area contributed by atoms with E-state index in [-0.39, 0.29) is 17.4 Å². The molecule has 0 aliphatic heterocycles. The molecule has 3 aromatic rings. The summed E-state index contributed by atoms with van der Waals surface area (Å²) in [5.74, 6) is -0.427. The maximum atomic E-state index is 12.3. The Balaban J connectivity index is 1.97. The number of carbonyl (C=O) groups excluding carboxylic acids is 1. The molecule has 0 bridgehead atoms. The highest BCUT2D eigenvalue weighted by Gasteiger charge is 2.17. The molecule has 176 valence electrons. The third-order valence-corrected chi connectivity index (χ3v) is 5.99. The molecule has 0 aliphatic carbocycles. The van der Waals surface area contributed by atoms with Crippen LogP contribution in [0.25, 0.3) is 10.9 Å². The molecule has 6 heteroatoms. The summed E-state index contributed by atoms with van der Waals surface area (Å²) in [4.78, 5) is 23.7. The molecule has 1 amide bonds. The van der Waals surface area contributed by atoms with E-state index in [1.54, 1.807) is 19.2 Å². The normalized spacial score (nSPS) is 12.2. The SMILES string of the molecule is CCCNC(=O)C(C)Cc1ccc2c(c1)c(Cc1ccc(C(=O)O)cc1OC)cn2C(C)C. The fourth-order valence-electron chi connectivity index (χ4n) is 4.17. The van der Waals surface area contributed by atoms with Crippen LogP contribution in [0.5, 0.6) is 5.75 Å². The number of carboxylic acid groups (broad SMARTS) is 1. The highest BCUT2D eigenvalue weighted by molar-refractivity contribution is 5.89. The molecular weight excluding hydrogens is 416 g/mol. The maximum absolute atomic E-state index is 12.3. The van der Waals surface area contributed by atoms with Crippen LogP contribution in [0.1, 0.15) is 67.2 Å². The van der Waals surface area contributed by atoms with E-state index in [9.17, 15) is 14.7 Å². The number of hydrogen-bond acceptors (Lipinski definition) is 3. The highest BCUT2D eigenvalue weighted by atomic mass is 16.5. The van der Waals surface area contributed by atoms with Gasteiger partial charge in [-0.05, 0) is 67.6 Å². The number of methoxy groups -OCH3 is 1. The Morgan fingerprint density at radius 2 is 1.85 bits per heavy atom. The van der Waals surface area contributed by atoms with E-state index in [4.69, 9.17) is 4.74 Å². The van der Waals surface area contributed by atoms with E-state index < -0.39 is 5.97 Å². The Morgan fingerprint density at radius 1 is 1.09 bits per heavy atom. The zero-order valence-corrected chi connectivity index (χ0v) is 20.1. The number of fused-ring (bicyclic) bond motifs is 1. The van der Waals surface area contributed by atoms with Crippen LogP contribution in [0.4, 0.5) is 0 Å². The summed E-state index contributed by atoms with van der Waals surface area (Å²) in [7, 11) is 1.56. The first-order valence-electron chi connectivity index (χ1n) is 11.5. The molecule has 1 aromatic heterocycles. The zero-order chi connectivity index (χ0) is 24.1. The summed E-state index contributed by atoms with van der Waals surface area (Å²) in [6.07, 6.45) is 4.39. The van der Waals surface area contributed by atoms with Crippen LogP contribution < -0.4 is 10.1 Å². The van der Waals surface area contributed by atoms with Crippen LogP contribution in [0, 0.1) is 5.92 Å². The second kappa shape index (κ2) is 10.6. The van der Waals surface area contributed by atoms with Gasteiger partial charge in [0, 0.05) is 42.0 Å². The van der Waals surface area contributed by atoms with Crippen LogP contribution in [0.2, 0.25) is 0 Å². The van der Waals surface area contributed by atoms with Crippen molar-refractivity contribution in [2.24, 2.45) is 5.92 Å². The second-order valence-electron chi connectivity index (χ2n) is 8.91. The molecule has 3 rings (SSSR count). The van der Waals surface area contributed by atoms with Crippen LogP contribution in [0.3, 0.4) is 0 Å². The Morgan fingerprint density at radius 3 is 2.48 bits per heavy atom. The lowest BCUT2D eigenvalue weighted by molar-refractivity contribution is -0.124. The molecule has 1 heterocycles. The average molecular weight is 451 g/mol. The van der Waals surface area contributed by atoms with Gasteiger partial charge in [-0.3, -0.25) is 4.79 Å². The standard InChI is InChI=1S/C27H34N2O4/c1-6-11-28-26(30)18(4)12-19-7-10-24-23(13-19)22(16-29(24)17(2)3)14-20-8-9-21(27(31)32)15-25(20)33-5/h7-10,13,15-18H,6,11-12,14H2,1-5H3,(H,28,30)(H,31,32). The largest absolute Gasteiger partial charge is 0.496 e. The number of aromatic nitrogens is 1. The molecule has 6 nitrogen and oxygen atoms in total. The number of carbonyl (C=O) groups is 2. The van der Waals surface area contributed by atoms with Crippen LogP contribution in [-0.2, 0) is 17.6 Å². The molecule has 2 aromatic carbocycles. The quantitative estimate of drug-likeness (QED) is 0.443. The van der Waals surface area contributed by atoms with Crippen molar-refractivity contribution < 1.29 is 19.4 Å². The molecule has 1 unspecified atom stereocenters. The molecule has 0 spiro atoms. The van der Waals surface area contributed by atoms with E-state index in [1.165, 1.54) is 0 Å². The van der Waals surface area contributed by atoms with Crippen LogP contribution in [0.15, 0.2) is 42.6 Å².